The van der Waals surface area contributed by atoms with Crippen LogP contribution in [0.15, 0.2) is 0 Å². The molecule has 0 aromatic heterocycles. The van der Waals surface area contributed by atoms with Gasteiger partial charge >= 0.3 is 0 Å². The van der Waals surface area contributed by atoms with Gasteiger partial charge in [0.2, 0.25) is 5.91 Å². The molecule has 0 aromatic carbocycles. The van der Waals surface area contributed by atoms with E-state index in [0.29, 0.717) is 17.9 Å². The number of hydrogen-bond donors (Lipinski definition) is 2. The minimum Gasteiger partial charge on any atom is -0.352 e. The Bertz CT molecular complexity index is 297. The minimum absolute atomic E-state index is 0.379. The molecule has 82 valence electrons. The zero-order chi connectivity index (χ0) is 9.99. The van der Waals surface area contributed by atoms with E-state index in [1.165, 1.54) is 19.3 Å². The lowest BCUT2D eigenvalue weighted by molar-refractivity contribution is -0.123. The van der Waals surface area contributed by atoms with E-state index in [9.17, 15) is 4.79 Å². The first kappa shape index (κ1) is 8.57. The lowest BCUT2D eigenvalue weighted by Crippen LogP contribution is -2.34. The molecule has 4 unspecified atom stereocenters. The summed E-state index contributed by atoms with van der Waals surface area (Å²) in [4.78, 5) is 12.0. The fourth-order valence-corrected chi connectivity index (χ4v) is 4.10. The van der Waals surface area contributed by atoms with Gasteiger partial charge in [0.25, 0.3) is 0 Å². The summed E-state index contributed by atoms with van der Waals surface area (Å²) in [5.41, 5.74) is 0. The topological polar surface area (TPSA) is 41.1 Å². The molecule has 0 spiro atoms. The normalized spacial score (nSPS) is 54.7. The number of fused-ring (bicyclic) bond motifs is 2. The lowest BCUT2D eigenvalue weighted by atomic mass is 10.1. The van der Waals surface area contributed by atoms with Gasteiger partial charge in [0.15, 0.2) is 0 Å². The van der Waals surface area contributed by atoms with Crippen molar-refractivity contribution in [1.29, 1.82) is 0 Å². The first-order valence-electron chi connectivity index (χ1n) is 6.37. The fraction of sp³-hybridized carbons (Fsp3) is 0.917. The van der Waals surface area contributed by atoms with Crippen molar-refractivity contribution < 1.29 is 4.79 Å². The van der Waals surface area contributed by atoms with Gasteiger partial charge in [-0.15, -0.1) is 0 Å². The van der Waals surface area contributed by atoms with Crippen molar-refractivity contribution in [3.8, 4) is 0 Å². The quantitative estimate of drug-likeness (QED) is 0.685. The first-order chi connectivity index (χ1) is 7.36. The van der Waals surface area contributed by atoms with E-state index in [1.54, 1.807) is 0 Å². The number of carbonyl (C=O) groups is 1. The van der Waals surface area contributed by atoms with E-state index in [4.69, 9.17) is 0 Å². The van der Waals surface area contributed by atoms with E-state index >= 15 is 0 Å². The van der Waals surface area contributed by atoms with Crippen LogP contribution in [-0.2, 0) is 4.79 Å². The highest BCUT2D eigenvalue weighted by Crippen LogP contribution is 2.57. The van der Waals surface area contributed by atoms with Crippen molar-refractivity contribution in [3.05, 3.63) is 0 Å². The number of rotatable bonds is 2. The molecule has 0 aromatic rings. The third-order valence-corrected chi connectivity index (χ3v) is 5.11. The molecule has 2 N–H and O–H groups in total. The second-order valence-electron chi connectivity index (χ2n) is 5.80. The van der Waals surface area contributed by atoms with Gasteiger partial charge in [-0.25, -0.2) is 0 Å². The van der Waals surface area contributed by atoms with E-state index < -0.39 is 0 Å². The molecule has 3 nitrogen and oxygen atoms in total. The molecule has 4 aliphatic rings. The minimum atomic E-state index is 0.379. The Morgan fingerprint density at radius 2 is 1.73 bits per heavy atom. The van der Waals surface area contributed by atoms with E-state index in [-0.39, 0.29) is 0 Å². The molecule has 3 saturated carbocycles. The summed E-state index contributed by atoms with van der Waals surface area (Å²) in [6, 6.07) is 0.528. The number of carbonyl (C=O) groups excluding carboxylic acids is 1. The van der Waals surface area contributed by atoms with Crippen molar-refractivity contribution in [1.82, 2.24) is 10.6 Å². The maximum atomic E-state index is 12.0. The Hall–Kier alpha value is -0.570. The van der Waals surface area contributed by atoms with Gasteiger partial charge < -0.3 is 10.6 Å². The van der Waals surface area contributed by atoms with Gasteiger partial charge in [0.05, 0.1) is 0 Å². The van der Waals surface area contributed by atoms with Gasteiger partial charge in [-0.2, -0.15) is 0 Å². The Morgan fingerprint density at radius 3 is 2.40 bits per heavy atom. The summed E-state index contributed by atoms with van der Waals surface area (Å²) in [7, 11) is 0. The third-order valence-electron chi connectivity index (χ3n) is 5.11. The highest BCUT2D eigenvalue weighted by atomic mass is 16.2. The second kappa shape index (κ2) is 2.76. The Labute approximate surface area is 90.0 Å². The molecule has 4 rings (SSSR count). The maximum absolute atomic E-state index is 12.0. The smallest absolute Gasteiger partial charge is 0.223 e. The van der Waals surface area contributed by atoms with Crippen LogP contribution in [0.2, 0.25) is 0 Å². The monoisotopic (exact) mass is 206 g/mol. The summed E-state index contributed by atoms with van der Waals surface area (Å²) in [6.07, 6.45) is 3.97. The van der Waals surface area contributed by atoms with Crippen LogP contribution in [0.4, 0.5) is 0 Å². The molecule has 15 heavy (non-hydrogen) atoms. The third kappa shape index (κ3) is 1.13. The molecule has 1 amide bonds. The molecular weight excluding hydrogens is 188 g/mol. The van der Waals surface area contributed by atoms with Crippen LogP contribution in [0.3, 0.4) is 0 Å². The first-order valence-corrected chi connectivity index (χ1v) is 6.37. The highest BCUT2D eigenvalue weighted by molar-refractivity contribution is 5.83. The number of nitrogens with one attached hydrogen (secondary N) is 2. The standard InChI is InChI=1S/C12H18N2O/c15-12(10-6-2-1-3-7(6)10)14-11-8-4-13-5-9(8)11/h6-11,13H,1-5H2,(H,14,15). The number of piperidine rings is 1. The Morgan fingerprint density at radius 1 is 1.07 bits per heavy atom. The van der Waals surface area contributed by atoms with Crippen LogP contribution < -0.4 is 10.6 Å². The van der Waals surface area contributed by atoms with Crippen molar-refractivity contribution >= 4 is 5.91 Å². The van der Waals surface area contributed by atoms with Gasteiger partial charge in [0.1, 0.15) is 0 Å². The predicted octanol–water partition coefficient (Wildman–Crippen LogP) is 0.366. The zero-order valence-corrected chi connectivity index (χ0v) is 8.91. The summed E-state index contributed by atoms with van der Waals surface area (Å²) in [6.45, 7) is 2.24. The maximum Gasteiger partial charge on any atom is 0.223 e. The molecule has 1 saturated heterocycles. The number of hydrogen-bond acceptors (Lipinski definition) is 2. The van der Waals surface area contributed by atoms with Gasteiger partial charge in [-0.3, -0.25) is 4.79 Å². The zero-order valence-electron chi connectivity index (χ0n) is 8.91. The summed E-state index contributed by atoms with van der Waals surface area (Å²) >= 11 is 0. The van der Waals surface area contributed by atoms with Crippen molar-refractivity contribution in [2.75, 3.05) is 13.1 Å². The van der Waals surface area contributed by atoms with E-state index in [2.05, 4.69) is 10.6 Å². The van der Waals surface area contributed by atoms with Crippen LogP contribution in [0.25, 0.3) is 0 Å². The molecule has 0 bridgehead atoms. The van der Waals surface area contributed by atoms with Crippen molar-refractivity contribution in [2.24, 2.45) is 29.6 Å². The van der Waals surface area contributed by atoms with E-state index in [0.717, 1.165) is 36.8 Å². The molecule has 3 aliphatic carbocycles. The molecule has 3 heteroatoms. The fourth-order valence-electron chi connectivity index (χ4n) is 4.10. The molecule has 0 radical (unpaired) electrons. The molecule has 1 heterocycles. The SMILES string of the molecule is O=C(NC1C2CNCC21)C1C2CCCC21. The van der Waals surface area contributed by atoms with Crippen molar-refractivity contribution in [3.63, 3.8) is 0 Å². The van der Waals surface area contributed by atoms with Gasteiger partial charge in [-0.05, 0) is 36.5 Å². The van der Waals surface area contributed by atoms with Crippen LogP contribution in [0.1, 0.15) is 19.3 Å². The molecule has 4 fully saturated rings. The van der Waals surface area contributed by atoms with Crippen LogP contribution in [-0.4, -0.2) is 25.0 Å². The lowest BCUT2D eigenvalue weighted by Gasteiger charge is -2.08. The number of amides is 1. The largest absolute Gasteiger partial charge is 0.352 e. The average molecular weight is 206 g/mol. The second-order valence-corrected chi connectivity index (χ2v) is 5.80. The van der Waals surface area contributed by atoms with Gasteiger partial charge in [0, 0.05) is 25.0 Å². The molecule has 1 aliphatic heterocycles. The van der Waals surface area contributed by atoms with Crippen molar-refractivity contribution in [2.45, 2.75) is 25.3 Å². The van der Waals surface area contributed by atoms with Crippen LogP contribution >= 0.6 is 0 Å². The predicted molar refractivity (Wildman–Crippen MR) is 56.1 cm³/mol. The summed E-state index contributed by atoms with van der Waals surface area (Å²) in [5.74, 6) is 3.83. The molecular formula is C12H18N2O. The van der Waals surface area contributed by atoms with Gasteiger partial charge in [-0.1, -0.05) is 6.42 Å². The highest BCUT2D eigenvalue weighted by Gasteiger charge is 2.59. The summed E-state index contributed by atoms with van der Waals surface area (Å²) in [5, 5.41) is 6.63. The van der Waals surface area contributed by atoms with Crippen LogP contribution in [0, 0.1) is 29.6 Å². The Kier molecular flexibility index (Phi) is 1.58. The Balaban J connectivity index is 1.34. The summed E-state index contributed by atoms with van der Waals surface area (Å²) < 4.78 is 0. The molecule has 4 atom stereocenters. The van der Waals surface area contributed by atoms with Crippen LogP contribution in [0.5, 0.6) is 0 Å². The average Bonchev–Trinajstić information content (AvgIpc) is 2.92. The van der Waals surface area contributed by atoms with E-state index in [1.807, 2.05) is 0 Å².